The minimum absolute atomic E-state index is 0.302. The number of hydrogen-bond donors (Lipinski definition) is 1. The predicted molar refractivity (Wildman–Crippen MR) is 60.0 cm³/mol. The predicted octanol–water partition coefficient (Wildman–Crippen LogP) is 2.39. The highest BCUT2D eigenvalue weighted by atomic mass is 79.9. The van der Waals surface area contributed by atoms with E-state index in [1.165, 1.54) is 0 Å². The second-order valence-electron chi connectivity index (χ2n) is 2.83. The zero-order valence-electron chi connectivity index (χ0n) is 7.00. The fourth-order valence-corrected chi connectivity index (χ4v) is 1.65. The first-order valence-corrected chi connectivity index (χ1v) is 5.17. The van der Waals surface area contributed by atoms with E-state index >= 15 is 0 Å². The summed E-state index contributed by atoms with van der Waals surface area (Å²) in [4.78, 5) is 15.2. The third kappa shape index (κ3) is 1.81. The molecule has 0 radical (unpaired) electrons. The van der Waals surface area contributed by atoms with Crippen molar-refractivity contribution in [2.24, 2.45) is 4.99 Å². The van der Waals surface area contributed by atoms with Crippen LogP contribution in [0.15, 0.2) is 27.7 Å². The number of fused-ring (bicyclic) bond motifs is 1. The summed E-state index contributed by atoms with van der Waals surface area (Å²) in [5, 5.41) is 2.68. The van der Waals surface area contributed by atoms with Crippen molar-refractivity contribution < 1.29 is 4.79 Å². The standard InChI is InChI=1S/C9H6BrClN2O/c10-6-1-2-7-5(3-6)4-12-8(11)9(14)13-7/h1-4,8H,(H,13,14). The van der Waals surface area contributed by atoms with Gasteiger partial charge in [-0.05, 0) is 18.2 Å². The molecule has 0 saturated heterocycles. The summed E-state index contributed by atoms with van der Waals surface area (Å²) in [5.41, 5.74) is 0.724. The van der Waals surface area contributed by atoms with E-state index in [1.54, 1.807) is 12.3 Å². The number of hydrogen-bond acceptors (Lipinski definition) is 2. The van der Waals surface area contributed by atoms with Crippen LogP contribution in [0.5, 0.6) is 0 Å². The lowest BCUT2D eigenvalue weighted by Crippen LogP contribution is -2.20. The number of rotatable bonds is 0. The second-order valence-corrected chi connectivity index (χ2v) is 4.16. The van der Waals surface area contributed by atoms with Gasteiger partial charge < -0.3 is 5.32 Å². The van der Waals surface area contributed by atoms with Crippen LogP contribution in [0.2, 0.25) is 0 Å². The third-order valence-corrected chi connectivity index (χ3v) is 2.64. The Kier molecular flexibility index (Phi) is 2.56. The highest BCUT2D eigenvalue weighted by Crippen LogP contribution is 2.22. The molecule has 1 aliphatic rings. The van der Waals surface area contributed by atoms with Gasteiger partial charge in [-0.3, -0.25) is 9.79 Å². The van der Waals surface area contributed by atoms with Crippen LogP contribution < -0.4 is 5.32 Å². The highest BCUT2D eigenvalue weighted by molar-refractivity contribution is 9.10. The smallest absolute Gasteiger partial charge is 0.264 e. The Balaban J connectivity index is 2.48. The molecule has 3 nitrogen and oxygen atoms in total. The lowest BCUT2D eigenvalue weighted by atomic mass is 10.2. The zero-order valence-corrected chi connectivity index (χ0v) is 9.34. The molecule has 0 aliphatic carbocycles. The van der Waals surface area contributed by atoms with Gasteiger partial charge in [0.15, 0.2) is 0 Å². The fourth-order valence-electron chi connectivity index (χ4n) is 1.16. The molecule has 0 saturated carbocycles. The highest BCUT2D eigenvalue weighted by Gasteiger charge is 2.17. The van der Waals surface area contributed by atoms with E-state index in [0.717, 1.165) is 15.7 Å². The number of nitrogens with zero attached hydrogens (tertiary/aromatic N) is 1. The van der Waals surface area contributed by atoms with Gasteiger partial charge in [-0.25, -0.2) is 0 Å². The van der Waals surface area contributed by atoms with E-state index in [4.69, 9.17) is 11.6 Å². The summed E-state index contributed by atoms with van der Waals surface area (Å²) in [6, 6.07) is 5.52. The number of amides is 1. The Morgan fingerprint density at radius 2 is 2.29 bits per heavy atom. The molecule has 1 amide bonds. The van der Waals surface area contributed by atoms with Crippen molar-refractivity contribution in [1.29, 1.82) is 0 Å². The zero-order chi connectivity index (χ0) is 10.1. The van der Waals surface area contributed by atoms with Gasteiger partial charge in [-0.2, -0.15) is 0 Å². The van der Waals surface area contributed by atoms with Gasteiger partial charge in [0, 0.05) is 21.9 Å². The monoisotopic (exact) mass is 272 g/mol. The Labute approximate surface area is 94.3 Å². The van der Waals surface area contributed by atoms with Crippen molar-refractivity contribution in [1.82, 2.24) is 0 Å². The summed E-state index contributed by atoms with van der Waals surface area (Å²) in [6.45, 7) is 0. The van der Waals surface area contributed by atoms with E-state index in [1.807, 2.05) is 12.1 Å². The van der Waals surface area contributed by atoms with Crippen molar-refractivity contribution in [3.63, 3.8) is 0 Å². The quantitative estimate of drug-likeness (QED) is 0.572. The summed E-state index contributed by atoms with van der Waals surface area (Å²) in [6.07, 6.45) is 1.59. The molecule has 0 spiro atoms. The lowest BCUT2D eigenvalue weighted by molar-refractivity contribution is -0.115. The van der Waals surface area contributed by atoms with Crippen LogP contribution in [0.1, 0.15) is 5.56 Å². The van der Waals surface area contributed by atoms with E-state index in [0.29, 0.717) is 0 Å². The van der Waals surface area contributed by atoms with Crippen LogP contribution in [0.4, 0.5) is 5.69 Å². The van der Waals surface area contributed by atoms with Crippen molar-refractivity contribution >= 4 is 45.3 Å². The van der Waals surface area contributed by atoms with Gasteiger partial charge in [0.05, 0.1) is 0 Å². The topological polar surface area (TPSA) is 41.5 Å². The van der Waals surface area contributed by atoms with Crippen LogP contribution in [0.25, 0.3) is 0 Å². The Morgan fingerprint density at radius 3 is 3.07 bits per heavy atom. The van der Waals surface area contributed by atoms with Gasteiger partial charge in [0.25, 0.3) is 5.91 Å². The fraction of sp³-hybridized carbons (Fsp3) is 0.111. The Hall–Kier alpha value is -0.870. The molecule has 0 aromatic heterocycles. The van der Waals surface area contributed by atoms with Gasteiger partial charge in [0.1, 0.15) is 0 Å². The first-order valence-electron chi connectivity index (χ1n) is 3.94. The molecule has 1 atom stereocenters. The average Bonchev–Trinajstić information content (AvgIpc) is 2.29. The third-order valence-electron chi connectivity index (χ3n) is 1.83. The maximum absolute atomic E-state index is 11.3. The van der Waals surface area contributed by atoms with E-state index in [9.17, 15) is 4.79 Å². The van der Waals surface area contributed by atoms with E-state index in [2.05, 4.69) is 26.2 Å². The van der Waals surface area contributed by atoms with Crippen molar-refractivity contribution in [3.05, 3.63) is 28.2 Å². The number of alkyl halides is 1. The minimum atomic E-state index is -0.846. The largest absolute Gasteiger partial charge is 0.323 e. The van der Waals surface area contributed by atoms with Crippen LogP contribution in [-0.4, -0.2) is 17.6 Å². The van der Waals surface area contributed by atoms with Crippen molar-refractivity contribution in [2.45, 2.75) is 5.50 Å². The molecule has 1 aliphatic heterocycles. The number of benzodiazepines with no additional fused rings is 1. The SMILES string of the molecule is O=C1Nc2ccc(Br)cc2C=NC1Cl. The molecule has 5 heteroatoms. The van der Waals surface area contributed by atoms with Gasteiger partial charge >= 0.3 is 0 Å². The van der Waals surface area contributed by atoms with Crippen molar-refractivity contribution in [2.75, 3.05) is 5.32 Å². The van der Waals surface area contributed by atoms with Crippen LogP contribution in [0, 0.1) is 0 Å². The Bertz CT molecular complexity index is 419. The first kappa shape index (κ1) is 9.68. The number of benzene rings is 1. The van der Waals surface area contributed by atoms with Gasteiger partial charge in [-0.15, -0.1) is 0 Å². The first-order chi connectivity index (χ1) is 6.66. The van der Waals surface area contributed by atoms with E-state index in [-0.39, 0.29) is 5.91 Å². The molecule has 1 N–H and O–H groups in total. The summed E-state index contributed by atoms with van der Waals surface area (Å²) in [7, 11) is 0. The number of nitrogens with one attached hydrogen (secondary N) is 1. The van der Waals surface area contributed by atoms with Crippen LogP contribution >= 0.6 is 27.5 Å². The maximum atomic E-state index is 11.3. The molecule has 1 unspecified atom stereocenters. The molecule has 0 bridgehead atoms. The molecule has 1 heterocycles. The molecule has 1 aromatic carbocycles. The molecular weight excluding hydrogens is 267 g/mol. The van der Waals surface area contributed by atoms with E-state index < -0.39 is 5.50 Å². The normalized spacial score (nSPS) is 19.9. The Morgan fingerprint density at radius 1 is 1.50 bits per heavy atom. The number of carbonyl (C=O) groups excluding carboxylic acids is 1. The minimum Gasteiger partial charge on any atom is -0.323 e. The summed E-state index contributed by atoms with van der Waals surface area (Å²) >= 11 is 9.02. The van der Waals surface area contributed by atoms with Gasteiger partial charge in [-0.1, -0.05) is 27.5 Å². The molecule has 72 valence electrons. The summed E-state index contributed by atoms with van der Waals surface area (Å²) in [5.74, 6) is -0.302. The molecule has 2 rings (SSSR count). The molecule has 14 heavy (non-hydrogen) atoms. The molecule has 1 aromatic rings. The number of anilines is 1. The van der Waals surface area contributed by atoms with Crippen LogP contribution in [0.3, 0.4) is 0 Å². The number of aliphatic imine (C=N–C) groups is 1. The maximum Gasteiger partial charge on any atom is 0.264 e. The molecule has 0 fully saturated rings. The number of carbonyl (C=O) groups is 1. The average molecular weight is 274 g/mol. The van der Waals surface area contributed by atoms with Gasteiger partial charge in [0.2, 0.25) is 5.50 Å². The van der Waals surface area contributed by atoms with Crippen molar-refractivity contribution in [3.8, 4) is 0 Å². The van der Waals surface area contributed by atoms with Crippen LogP contribution in [-0.2, 0) is 4.79 Å². The lowest BCUT2D eigenvalue weighted by Gasteiger charge is -2.05. The summed E-state index contributed by atoms with van der Waals surface area (Å²) < 4.78 is 0.935. The molecular formula is C9H6BrClN2O. The number of halogens is 2. The second kappa shape index (κ2) is 3.71.